The van der Waals surface area contributed by atoms with Gasteiger partial charge in [0.25, 0.3) is 5.91 Å². The third kappa shape index (κ3) is 5.46. The number of furan rings is 1. The molecule has 0 bridgehead atoms. The predicted molar refractivity (Wildman–Crippen MR) is 125 cm³/mol. The SMILES string of the molecule is CC(OC(=O)c1ccccc1SCC(=O)NCc1ccco1)C(=O)N1CCc2ccccc21. The van der Waals surface area contributed by atoms with Crippen molar-refractivity contribution in [2.75, 3.05) is 17.2 Å². The Morgan fingerprint density at radius 3 is 2.70 bits per heavy atom. The number of amides is 2. The van der Waals surface area contributed by atoms with Gasteiger partial charge in [-0.15, -0.1) is 11.8 Å². The normalized spacial score (nSPS) is 13.3. The molecule has 1 atom stereocenters. The number of nitrogens with one attached hydrogen (secondary N) is 1. The van der Waals surface area contributed by atoms with Crippen molar-refractivity contribution in [3.05, 3.63) is 83.8 Å². The van der Waals surface area contributed by atoms with E-state index < -0.39 is 12.1 Å². The molecule has 8 heteroatoms. The molecule has 33 heavy (non-hydrogen) atoms. The molecule has 0 aliphatic carbocycles. The van der Waals surface area contributed by atoms with Gasteiger partial charge in [0, 0.05) is 17.1 Å². The lowest BCUT2D eigenvalue weighted by Gasteiger charge is -2.22. The summed E-state index contributed by atoms with van der Waals surface area (Å²) in [6.45, 7) is 2.45. The second-order valence-corrected chi connectivity index (χ2v) is 8.57. The quantitative estimate of drug-likeness (QED) is 0.403. The van der Waals surface area contributed by atoms with Crippen LogP contribution in [-0.4, -0.2) is 36.2 Å². The number of nitrogens with zero attached hydrogens (tertiary/aromatic N) is 1. The van der Waals surface area contributed by atoms with Crippen molar-refractivity contribution in [2.24, 2.45) is 0 Å². The molecule has 2 amide bonds. The Balaban J connectivity index is 1.34. The van der Waals surface area contributed by atoms with E-state index in [1.54, 1.807) is 54.5 Å². The minimum absolute atomic E-state index is 0.129. The molecule has 0 spiro atoms. The molecule has 0 radical (unpaired) electrons. The van der Waals surface area contributed by atoms with E-state index in [9.17, 15) is 14.4 Å². The number of hydrogen-bond donors (Lipinski definition) is 1. The molecular weight excluding hydrogens is 440 g/mol. The summed E-state index contributed by atoms with van der Waals surface area (Å²) in [6.07, 6.45) is 1.40. The highest BCUT2D eigenvalue weighted by atomic mass is 32.2. The molecule has 0 saturated carbocycles. The van der Waals surface area contributed by atoms with Crippen LogP contribution in [0.5, 0.6) is 0 Å². The molecule has 1 aliphatic rings. The molecule has 170 valence electrons. The lowest BCUT2D eigenvalue weighted by atomic mass is 10.2. The zero-order chi connectivity index (χ0) is 23.2. The standard InChI is InChI=1S/C25H24N2O5S/c1-17(24(29)27-13-12-18-7-2-4-10-21(18)27)32-25(30)20-9-3-5-11-22(20)33-16-23(28)26-15-19-8-6-14-31-19/h2-11,14,17H,12-13,15-16H2,1H3,(H,26,28). The fourth-order valence-corrected chi connectivity index (χ4v) is 4.49. The average molecular weight is 465 g/mol. The summed E-state index contributed by atoms with van der Waals surface area (Å²) in [7, 11) is 0. The molecule has 2 heterocycles. The minimum Gasteiger partial charge on any atom is -0.467 e. The number of benzene rings is 2. The molecule has 3 aromatic rings. The van der Waals surface area contributed by atoms with Crippen molar-refractivity contribution in [1.29, 1.82) is 0 Å². The second-order valence-electron chi connectivity index (χ2n) is 7.56. The summed E-state index contributed by atoms with van der Waals surface area (Å²) in [6, 6.07) is 18.2. The van der Waals surface area contributed by atoms with Crippen LogP contribution < -0.4 is 10.2 Å². The number of rotatable bonds is 8. The summed E-state index contributed by atoms with van der Waals surface area (Å²) in [5.74, 6) is -0.241. The average Bonchev–Trinajstić information content (AvgIpc) is 3.51. The van der Waals surface area contributed by atoms with Gasteiger partial charge in [-0.2, -0.15) is 0 Å². The number of anilines is 1. The second kappa shape index (κ2) is 10.4. The van der Waals surface area contributed by atoms with Gasteiger partial charge in [-0.3, -0.25) is 9.59 Å². The number of fused-ring (bicyclic) bond motifs is 1. The summed E-state index contributed by atoms with van der Waals surface area (Å²) in [5, 5.41) is 2.77. The molecule has 1 unspecified atom stereocenters. The molecule has 1 aromatic heterocycles. The lowest BCUT2D eigenvalue weighted by molar-refractivity contribution is -0.126. The van der Waals surface area contributed by atoms with Crippen LogP contribution in [0.2, 0.25) is 0 Å². The van der Waals surface area contributed by atoms with Gasteiger partial charge in [0.1, 0.15) is 5.76 Å². The van der Waals surface area contributed by atoms with E-state index in [-0.39, 0.29) is 17.6 Å². The van der Waals surface area contributed by atoms with Crippen molar-refractivity contribution < 1.29 is 23.5 Å². The summed E-state index contributed by atoms with van der Waals surface area (Å²) in [4.78, 5) is 40.2. The van der Waals surface area contributed by atoms with E-state index in [0.29, 0.717) is 29.3 Å². The first-order chi connectivity index (χ1) is 16.0. The van der Waals surface area contributed by atoms with Crippen molar-refractivity contribution in [2.45, 2.75) is 30.9 Å². The van der Waals surface area contributed by atoms with Crippen molar-refractivity contribution >= 4 is 35.2 Å². The van der Waals surface area contributed by atoms with E-state index in [0.717, 1.165) is 17.7 Å². The number of hydrogen-bond acceptors (Lipinski definition) is 6. The van der Waals surface area contributed by atoms with E-state index in [1.807, 2.05) is 24.3 Å². The maximum atomic E-state index is 12.9. The van der Waals surface area contributed by atoms with Gasteiger partial charge < -0.3 is 19.4 Å². The largest absolute Gasteiger partial charge is 0.467 e. The Labute approximate surface area is 196 Å². The molecule has 0 fully saturated rings. The van der Waals surface area contributed by atoms with Crippen LogP contribution in [0, 0.1) is 0 Å². The van der Waals surface area contributed by atoms with Gasteiger partial charge in [-0.25, -0.2) is 4.79 Å². The molecule has 1 N–H and O–H groups in total. The Morgan fingerprint density at radius 2 is 1.88 bits per heavy atom. The molecular formula is C25H24N2O5S. The van der Waals surface area contributed by atoms with Gasteiger partial charge >= 0.3 is 5.97 Å². The van der Waals surface area contributed by atoms with Crippen LogP contribution in [-0.2, 0) is 27.3 Å². The first-order valence-corrected chi connectivity index (χ1v) is 11.6. The Hall–Kier alpha value is -3.52. The molecule has 2 aromatic carbocycles. The van der Waals surface area contributed by atoms with E-state index in [1.165, 1.54) is 11.8 Å². The number of carbonyl (C=O) groups is 3. The monoisotopic (exact) mass is 464 g/mol. The zero-order valence-electron chi connectivity index (χ0n) is 18.2. The first kappa shape index (κ1) is 22.7. The van der Waals surface area contributed by atoms with Crippen LogP contribution in [0.4, 0.5) is 5.69 Å². The number of esters is 1. The third-order valence-electron chi connectivity index (χ3n) is 5.29. The van der Waals surface area contributed by atoms with E-state index in [4.69, 9.17) is 9.15 Å². The highest BCUT2D eigenvalue weighted by molar-refractivity contribution is 8.00. The fourth-order valence-electron chi connectivity index (χ4n) is 3.62. The Bertz CT molecular complexity index is 1150. The Kier molecular flexibility index (Phi) is 7.14. The number of thioether (sulfide) groups is 1. The van der Waals surface area contributed by atoms with Crippen molar-refractivity contribution in [3.8, 4) is 0 Å². The van der Waals surface area contributed by atoms with E-state index >= 15 is 0 Å². The maximum Gasteiger partial charge on any atom is 0.340 e. The van der Waals surface area contributed by atoms with Gasteiger partial charge in [0.2, 0.25) is 5.91 Å². The Morgan fingerprint density at radius 1 is 1.09 bits per heavy atom. The van der Waals surface area contributed by atoms with Gasteiger partial charge in [-0.1, -0.05) is 30.3 Å². The zero-order valence-corrected chi connectivity index (χ0v) is 19.0. The van der Waals surface area contributed by atoms with Gasteiger partial charge in [-0.05, 0) is 49.2 Å². The van der Waals surface area contributed by atoms with Crippen LogP contribution >= 0.6 is 11.8 Å². The maximum absolute atomic E-state index is 12.9. The summed E-state index contributed by atoms with van der Waals surface area (Å²) in [5.41, 5.74) is 2.29. The highest BCUT2D eigenvalue weighted by Gasteiger charge is 2.30. The van der Waals surface area contributed by atoms with Crippen LogP contribution in [0.25, 0.3) is 0 Å². The minimum atomic E-state index is -0.932. The van der Waals surface area contributed by atoms with Crippen LogP contribution in [0.15, 0.2) is 76.2 Å². The summed E-state index contributed by atoms with van der Waals surface area (Å²) >= 11 is 1.23. The van der Waals surface area contributed by atoms with Crippen molar-refractivity contribution in [3.63, 3.8) is 0 Å². The van der Waals surface area contributed by atoms with Gasteiger partial charge in [0.05, 0.1) is 24.1 Å². The number of ether oxygens (including phenoxy) is 1. The van der Waals surface area contributed by atoms with E-state index in [2.05, 4.69) is 5.32 Å². The van der Waals surface area contributed by atoms with Crippen LogP contribution in [0.3, 0.4) is 0 Å². The highest BCUT2D eigenvalue weighted by Crippen LogP contribution is 2.29. The number of carbonyl (C=O) groups excluding carboxylic acids is 3. The molecule has 7 nitrogen and oxygen atoms in total. The predicted octanol–water partition coefficient (Wildman–Crippen LogP) is 3.82. The summed E-state index contributed by atoms with van der Waals surface area (Å²) < 4.78 is 10.7. The molecule has 4 rings (SSSR count). The first-order valence-electron chi connectivity index (χ1n) is 10.6. The van der Waals surface area contributed by atoms with Crippen molar-refractivity contribution in [1.82, 2.24) is 5.32 Å². The molecule has 1 aliphatic heterocycles. The van der Waals surface area contributed by atoms with Gasteiger partial charge in [0.15, 0.2) is 6.10 Å². The lowest BCUT2D eigenvalue weighted by Crippen LogP contribution is -2.39. The number of para-hydroxylation sites is 1. The smallest absolute Gasteiger partial charge is 0.340 e. The topological polar surface area (TPSA) is 88.9 Å². The third-order valence-corrected chi connectivity index (χ3v) is 6.36. The van der Waals surface area contributed by atoms with Crippen LogP contribution in [0.1, 0.15) is 28.6 Å². The molecule has 0 saturated heterocycles. The fraction of sp³-hybridized carbons (Fsp3) is 0.240.